The highest BCUT2D eigenvalue weighted by molar-refractivity contribution is 5.51. The molecule has 0 bridgehead atoms. The Hall–Kier alpha value is -1.32. The summed E-state index contributed by atoms with van der Waals surface area (Å²) in [5.74, 6) is 2.94. The number of aryl methyl sites for hydroxylation is 1. The number of hydrogen-bond acceptors (Lipinski definition) is 4. The topological polar surface area (TPSA) is 41.1 Å². The van der Waals surface area contributed by atoms with Crippen molar-refractivity contribution in [2.75, 3.05) is 23.8 Å². The van der Waals surface area contributed by atoms with Crippen LogP contribution in [0.5, 0.6) is 0 Å². The van der Waals surface area contributed by atoms with Crippen LogP contribution in [-0.2, 0) is 6.42 Å². The molecule has 1 aliphatic rings. The summed E-state index contributed by atoms with van der Waals surface area (Å²) in [5, 5.41) is 3.14. The summed E-state index contributed by atoms with van der Waals surface area (Å²) in [5.41, 5.74) is 0.211. The Morgan fingerprint density at radius 3 is 2.72 bits per heavy atom. The number of nitrogens with one attached hydrogen (secondary N) is 1. The molecule has 0 aromatic carbocycles. The molecular weight excluding hydrogens is 224 g/mol. The lowest BCUT2D eigenvalue weighted by Gasteiger charge is -2.33. The van der Waals surface area contributed by atoms with Gasteiger partial charge in [0.1, 0.15) is 17.5 Å². The number of nitrogens with zero attached hydrogens (tertiary/aromatic N) is 3. The molecular formula is C14H24N4. The average Bonchev–Trinajstić information content (AvgIpc) is 2.69. The predicted octanol–water partition coefficient (Wildman–Crippen LogP) is 2.85. The molecule has 1 N–H and O–H groups in total. The molecule has 0 aliphatic carbocycles. The Kier molecular flexibility index (Phi) is 3.73. The van der Waals surface area contributed by atoms with E-state index in [-0.39, 0.29) is 5.54 Å². The number of aromatic nitrogens is 2. The molecule has 0 saturated carbocycles. The fourth-order valence-corrected chi connectivity index (χ4v) is 2.62. The van der Waals surface area contributed by atoms with Crippen LogP contribution in [0.25, 0.3) is 0 Å². The normalized spacial score (nSPS) is 18.1. The number of hydrogen-bond donors (Lipinski definition) is 1. The maximum absolute atomic E-state index is 4.72. The smallest absolute Gasteiger partial charge is 0.134 e. The summed E-state index contributed by atoms with van der Waals surface area (Å²) < 4.78 is 0. The molecule has 1 fully saturated rings. The second-order valence-corrected chi connectivity index (χ2v) is 5.60. The Morgan fingerprint density at radius 1 is 1.39 bits per heavy atom. The lowest BCUT2D eigenvalue weighted by atomic mass is 10.0. The van der Waals surface area contributed by atoms with Crippen LogP contribution in [-0.4, -0.2) is 29.1 Å². The Morgan fingerprint density at radius 2 is 2.17 bits per heavy atom. The maximum Gasteiger partial charge on any atom is 0.134 e. The molecule has 1 aromatic heterocycles. The highest BCUT2D eigenvalue weighted by Gasteiger charge is 2.33. The molecule has 100 valence electrons. The summed E-state index contributed by atoms with van der Waals surface area (Å²) in [6, 6.07) is 2.06. The van der Waals surface area contributed by atoms with Gasteiger partial charge in [-0.3, -0.25) is 0 Å². The molecule has 0 atom stereocenters. The standard InChI is InChI=1S/C14H24N4/c1-5-7-11-16-12(15-4)10-13(17-11)18-9-6-8-14(18,2)3/h10H,5-9H2,1-4H3,(H,15,16,17). The third-order valence-electron chi connectivity index (χ3n) is 3.67. The van der Waals surface area contributed by atoms with Crippen LogP contribution in [0.15, 0.2) is 6.07 Å². The van der Waals surface area contributed by atoms with Crippen molar-refractivity contribution in [2.45, 2.75) is 52.0 Å². The zero-order chi connectivity index (χ0) is 13.2. The van der Waals surface area contributed by atoms with Gasteiger partial charge >= 0.3 is 0 Å². The van der Waals surface area contributed by atoms with E-state index in [0.29, 0.717) is 0 Å². The lowest BCUT2D eigenvalue weighted by Crippen LogP contribution is -2.38. The second kappa shape index (κ2) is 5.12. The molecule has 2 rings (SSSR count). The van der Waals surface area contributed by atoms with Crippen molar-refractivity contribution < 1.29 is 0 Å². The summed E-state index contributed by atoms with van der Waals surface area (Å²) in [6.45, 7) is 7.84. The van der Waals surface area contributed by atoms with Gasteiger partial charge in [-0.2, -0.15) is 0 Å². The molecule has 4 heteroatoms. The highest BCUT2D eigenvalue weighted by atomic mass is 15.3. The van der Waals surface area contributed by atoms with Crippen LogP contribution in [0.4, 0.5) is 11.6 Å². The van der Waals surface area contributed by atoms with Crippen LogP contribution < -0.4 is 10.2 Å². The van der Waals surface area contributed by atoms with Gasteiger partial charge in [-0.15, -0.1) is 0 Å². The van der Waals surface area contributed by atoms with E-state index in [4.69, 9.17) is 4.98 Å². The van der Waals surface area contributed by atoms with E-state index in [2.05, 4.69) is 42.0 Å². The van der Waals surface area contributed by atoms with E-state index in [1.54, 1.807) is 0 Å². The Balaban J connectivity index is 2.34. The van der Waals surface area contributed by atoms with Crippen LogP contribution in [0.2, 0.25) is 0 Å². The number of rotatable bonds is 4. The Bertz CT molecular complexity index is 414. The van der Waals surface area contributed by atoms with Crippen molar-refractivity contribution in [1.29, 1.82) is 0 Å². The summed E-state index contributed by atoms with van der Waals surface area (Å²) in [4.78, 5) is 11.6. The van der Waals surface area contributed by atoms with Crippen molar-refractivity contribution >= 4 is 11.6 Å². The van der Waals surface area contributed by atoms with Crippen molar-refractivity contribution in [2.24, 2.45) is 0 Å². The van der Waals surface area contributed by atoms with E-state index in [9.17, 15) is 0 Å². The molecule has 18 heavy (non-hydrogen) atoms. The number of anilines is 2. The van der Waals surface area contributed by atoms with Gasteiger partial charge in [-0.05, 0) is 33.1 Å². The summed E-state index contributed by atoms with van der Waals surface area (Å²) in [6.07, 6.45) is 4.50. The van der Waals surface area contributed by atoms with Gasteiger partial charge in [0.2, 0.25) is 0 Å². The van der Waals surface area contributed by atoms with Crippen molar-refractivity contribution in [1.82, 2.24) is 9.97 Å². The minimum absolute atomic E-state index is 0.211. The monoisotopic (exact) mass is 248 g/mol. The first-order valence-electron chi connectivity index (χ1n) is 6.90. The molecule has 0 amide bonds. The predicted molar refractivity (Wildman–Crippen MR) is 76.2 cm³/mol. The zero-order valence-corrected chi connectivity index (χ0v) is 12.0. The van der Waals surface area contributed by atoms with Crippen molar-refractivity contribution in [3.63, 3.8) is 0 Å². The fraction of sp³-hybridized carbons (Fsp3) is 0.714. The van der Waals surface area contributed by atoms with Gasteiger partial charge in [-0.1, -0.05) is 6.92 Å². The van der Waals surface area contributed by atoms with Crippen molar-refractivity contribution in [3.8, 4) is 0 Å². The first kappa shape index (κ1) is 13.1. The largest absolute Gasteiger partial charge is 0.373 e. The summed E-state index contributed by atoms with van der Waals surface area (Å²) >= 11 is 0. The SMILES string of the molecule is CCCc1nc(NC)cc(N2CCCC2(C)C)n1. The quantitative estimate of drug-likeness (QED) is 0.889. The van der Waals surface area contributed by atoms with Gasteiger partial charge < -0.3 is 10.2 Å². The van der Waals surface area contributed by atoms with E-state index in [1.165, 1.54) is 12.8 Å². The highest BCUT2D eigenvalue weighted by Crippen LogP contribution is 2.33. The maximum atomic E-state index is 4.72. The van der Waals surface area contributed by atoms with E-state index in [0.717, 1.165) is 36.8 Å². The minimum atomic E-state index is 0.211. The third-order valence-corrected chi connectivity index (χ3v) is 3.67. The third kappa shape index (κ3) is 2.57. The van der Waals surface area contributed by atoms with E-state index < -0.39 is 0 Å². The van der Waals surface area contributed by atoms with Gasteiger partial charge in [0, 0.05) is 31.6 Å². The fourth-order valence-electron chi connectivity index (χ4n) is 2.62. The molecule has 0 unspecified atom stereocenters. The van der Waals surface area contributed by atoms with Crippen LogP contribution >= 0.6 is 0 Å². The van der Waals surface area contributed by atoms with Gasteiger partial charge in [-0.25, -0.2) is 9.97 Å². The molecule has 1 aromatic rings. The lowest BCUT2D eigenvalue weighted by molar-refractivity contribution is 0.513. The van der Waals surface area contributed by atoms with Gasteiger partial charge in [0.05, 0.1) is 0 Å². The second-order valence-electron chi connectivity index (χ2n) is 5.60. The summed E-state index contributed by atoms with van der Waals surface area (Å²) in [7, 11) is 1.91. The molecule has 0 spiro atoms. The van der Waals surface area contributed by atoms with E-state index in [1.807, 2.05) is 7.05 Å². The van der Waals surface area contributed by atoms with Crippen LogP contribution in [0.3, 0.4) is 0 Å². The van der Waals surface area contributed by atoms with Gasteiger partial charge in [0.25, 0.3) is 0 Å². The molecule has 2 heterocycles. The average molecular weight is 248 g/mol. The van der Waals surface area contributed by atoms with Crippen molar-refractivity contribution in [3.05, 3.63) is 11.9 Å². The first-order valence-corrected chi connectivity index (χ1v) is 6.90. The molecule has 1 saturated heterocycles. The van der Waals surface area contributed by atoms with Crippen LogP contribution in [0, 0.1) is 0 Å². The van der Waals surface area contributed by atoms with E-state index >= 15 is 0 Å². The van der Waals surface area contributed by atoms with Crippen LogP contribution in [0.1, 0.15) is 45.9 Å². The first-order chi connectivity index (χ1) is 8.56. The molecule has 1 aliphatic heterocycles. The molecule has 0 radical (unpaired) electrons. The van der Waals surface area contributed by atoms with Gasteiger partial charge in [0.15, 0.2) is 0 Å². The molecule has 4 nitrogen and oxygen atoms in total. The minimum Gasteiger partial charge on any atom is -0.373 e. The Labute approximate surface area is 110 Å². The zero-order valence-electron chi connectivity index (χ0n) is 12.0.